The Labute approximate surface area is 224 Å². The van der Waals surface area contributed by atoms with Crippen LogP contribution in [0.25, 0.3) is 42.1 Å². The van der Waals surface area contributed by atoms with E-state index in [1.54, 1.807) is 11.3 Å². The van der Waals surface area contributed by atoms with Crippen molar-refractivity contribution in [1.82, 2.24) is 0 Å². The molecule has 0 fully saturated rings. The smallest absolute Gasteiger partial charge is 0.0605 e. The van der Waals surface area contributed by atoms with Gasteiger partial charge in [-0.05, 0) is 46.7 Å². The van der Waals surface area contributed by atoms with Crippen molar-refractivity contribution < 1.29 is 0 Å². The van der Waals surface area contributed by atoms with Crippen molar-refractivity contribution in [2.24, 2.45) is 0 Å². The van der Waals surface area contributed by atoms with E-state index in [1.807, 2.05) is 0 Å². The topological polar surface area (TPSA) is 3.24 Å². The van der Waals surface area contributed by atoms with Gasteiger partial charge in [0.2, 0.25) is 0 Å². The van der Waals surface area contributed by atoms with Gasteiger partial charge in [-0.15, -0.1) is 11.3 Å². The molecule has 0 N–H and O–H groups in total. The summed E-state index contributed by atoms with van der Waals surface area (Å²) in [4.78, 5) is 2.32. The Morgan fingerprint density at radius 2 is 1.22 bits per heavy atom. The third-order valence-electron chi connectivity index (χ3n) is 6.90. The van der Waals surface area contributed by atoms with Gasteiger partial charge >= 0.3 is 0 Å². The molecule has 0 saturated carbocycles. The highest BCUT2D eigenvalue weighted by atomic mass is 35.5. The van der Waals surface area contributed by atoms with Gasteiger partial charge in [0.15, 0.2) is 0 Å². The summed E-state index contributed by atoms with van der Waals surface area (Å²) in [5.74, 6) is 0. The van der Waals surface area contributed by atoms with Crippen LogP contribution >= 0.6 is 22.9 Å². The van der Waals surface area contributed by atoms with Crippen LogP contribution in [0.4, 0.5) is 17.1 Å². The lowest BCUT2D eigenvalue weighted by atomic mass is 10.0. The van der Waals surface area contributed by atoms with Crippen LogP contribution in [-0.4, -0.2) is 0 Å². The standard InChI is InChI=1S/C34H22ClNS/c35-31-22-26(21-30-29-20-19-24-13-7-8-17-28(24)33(29)37-34(30)31)36(25-14-5-2-6-15-25)32-18-10-9-16-27(32)23-11-3-1-4-12-23/h1-22H. The minimum atomic E-state index is 0.774. The SMILES string of the molecule is Clc1cc(N(c2ccccc2)c2ccccc2-c2ccccc2)cc2c1sc1c3ccccc3ccc21. The number of nitrogens with zero attached hydrogens (tertiary/aromatic N) is 1. The van der Waals surface area contributed by atoms with Crippen LogP contribution in [0, 0.1) is 0 Å². The molecular formula is C34H22ClNS. The lowest BCUT2D eigenvalue weighted by Gasteiger charge is -2.28. The van der Waals surface area contributed by atoms with Crippen LogP contribution in [-0.2, 0) is 0 Å². The van der Waals surface area contributed by atoms with Gasteiger partial charge in [0.25, 0.3) is 0 Å². The number of thiophene rings is 1. The van der Waals surface area contributed by atoms with Crippen LogP contribution in [0.1, 0.15) is 0 Å². The highest BCUT2D eigenvalue weighted by molar-refractivity contribution is 7.27. The monoisotopic (exact) mass is 511 g/mol. The maximum Gasteiger partial charge on any atom is 0.0605 e. The fourth-order valence-corrected chi connectivity index (χ4v) is 6.77. The normalized spacial score (nSPS) is 11.4. The summed E-state index contributed by atoms with van der Waals surface area (Å²) in [6, 6.07) is 47.1. The molecule has 0 unspecified atom stereocenters. The number of fused-ring (bicyclic) bond motifs is 5. The molecule has 176 valence electrons. The summed E-state index contributed by atoms with van der Waals surface area (Å²) in [6.45, 7) is 0. The first-order chi connectivity index (χ1) is 18.3. The van der Waals surface area contributed by atoms with Gasteiger partial charge in [-0.25, -0.2) is 0 Å². The zero-order valence-electron chi connectivity index (χ0n) is 19.9. The summed E-state index contributed by atoms with van der Waals surface area (Å²) in [5.41, 5.74) is 5.59. The molecule has 37 heavy (non-hydrogen) atoms. The Morgan fingerprint density at radius 3 is 2.05 bits per heavy atom. The van der Waals surface area contributed by atoms with Crippen molar-refractivity contribution >= 4 is 70.9 Å². The van der Waals surface area contributed by atoms with Crippen molar-refractivity contribution in [3.63, 3.8) is 0 Å². The Bertz CT molecular complexity index is 1890. The molecule has 0 bridgehead atoms. The second-order valence-electron chi connectivity index (χ2n) is 9.12. The minimum Gasteiger partial charge on any atom is -0.310 e. The summed E-state index contributed by atoms with van der Waals surface area (Å²) in [6.07, 6.45) is 0. The van der Waals surface area contributed by atoms with E-state index in [9.17, 15) is 0 Å². The number of anilines is 3. The lowest BCUT2D eigenvalue weighted by Crippen LogP contribution is -2.11. The number of rotatable bonds is 4. The Morgan fingerprint density at radius 1 is 0.514 bits per heavy atom. The summed E-state index contributed by atoms with van der Waals surface area (Å²) in [5, 5.41) is 5.72. The van der Waals surface area contributed by atoms with Crippen molar-refractivity contribution in [2.75, 3.05) is 4.90 Å². The van der Waals surface area contributed by atoms with Gasteiger partial charge in [-0.3, -0.25) is 0 Å². The van der Waals surface area contributed by atoms with E-state index in [0.29, 0.717) is 0 Å². The van der Waals surface area contributed by atoms with Gasteiger partial charge in [0.05, 0.1) is 15.4 Å². The molecule has 0 amide bonds. The second-order valence-corrected chi connectivity index (χ2v) is 10.6. The van der Waals surface area contributed by atoms with Crippen molar-refractivity contribution in [3.8, 4) is 11.1 Å². The van der Waals surface area contributed by atoms with Gasteiger partial charge in [0, 0.05) is 32.4 Å². The van der Waals surface area contributed by atoms with Gasteiger partial charge in [-0.1, -0.05) is 115 Å². The third-order valence-corrected chi connectivity index (χ3v) is 8.60. The number of hydrogen-bond donors (Lipinski definition) is 0. The van der Waals surface area contributed by atoms with Crippen LogP contribution in [0.5, 0.6) is 0 Å². The molecule has 1 aromatic heterocycles. The molecule has 0 radical (unpaired) electrons. The Kier molecular flexibility index (Phi) is 5.43. The second kappa shape index (κ2) is 9.08. The molecule has 0 aliphatic heterocycles. The summed E-state index contributed by atoms with van der Waals surface area (Å²) in [7, 11) is 0. The van der Waals surface area contributed by atoms with Crippen molar-refractivity contribution in [1.29, 1.82) is 0 Å². The average molecular weight is 512 g/mol. The van der Waals surface area contributed by atoms with E-state index in [0.717, 1.165) is 26.8 Å². The predicted octanol–water partition coefficient (Wildman–Crippen LogP) is 11.0. The Balaban J connectivity index is 1.51. The molecule has 0 atom stereocenters. The minimum absolute atomic E-state index is 0.774. The van der Waals surface area contributed by atoms with Crippen LogP contribution in [0.15, 0.2) is 133 Å². The zero-order chi connectivity index (χ0) is 24.8. The molecule has 7 rings (SSSR count). The van der Waals surface area contributed by atoms with E-state index < -0.39 is 0 Å². The number of benzene rings is 6. The number of para-hydroxylation sites is 2. The van der Waals surface area contributed by atoms with E-state index in [4.69, 9.17) is 11.6 Å². The average Bonchev–Trinajstić information content (AvgIpc) is 3.35. The maximum atomic E-state index is 7.04. The summed E-state index contributed by atoms with van der Waals surface area (Å²) < 4.78 is 2.41. The molecule has 7 aromatic rings. The molecule has 0 saturated heterocycles. The molecule has 0 aliphatic rings. The maximum absolute atomic E-state index is 7.04. The number of hydrogen-bond acceptors (Lipinski definition) is 2. The van der Waals surface area contributed by atoms with Crippen LogP contribution < -0.4 is 4.90 Å². The molecule has 0 aliphatic carbocycles. The zero-order valence-corrected chi connectivity index (χ0v) is 21.5. The van der Waals surface area contributed by atoms with E-state index >= 15 is 0 Å². The van der Waals surface area contributed by atoms with Crippen molar-refractivity contribution in [2.45, 2.75) is 0 Å². The van der Waals surface area contributed by atoms with Gasteiger partial charge in [0.1, 0.15) is 0 Å². The third kappa shape index (κ3) is 3.77. The first-order valence-electron chi connectivity index (χ1n) is 12.3. The molecule has 0 spiro atoms. The highest BCUT2D eigenvalue weighted by Gasteiger charge is 2.20. The first-order valence-corrected chi connectivity index (χ1v) is 13.5. The van der Waals surface area contributed by atoms with E-state index in [2.05, 4.69) is 138 Å². The molecule has 1 nitrogen and oxygen atoms in total. The Hall–Kier alpha value is -4.11. The molecule has 6 aromatic carbocycles. The molecular weight excluding hydrogens is 490 g/mol. The molecule has 3 heteroatoms. The lowest BCUT2D eigenvalue weighted by molar-refractivity contribution is 1.29. The molecule has 1 heterocycles. The van der Waals surface area contributed by atoms with Gasteiger partial charge < -0.3 is 4.90 Å². The highest BCUT2D eigenvalue weighted by Crippen LogP contribution is 2.47. The quantitative estimate of drug-likeness (QED) is 0.227. The van der Waals surface area contributed by atoms with E-state index in [1.165, 1.54) is 37.4 Å². The summed E-state index contributed by atoms with van der Waals surface area (Å²) >= 11 is 8.82. The number of halogens is 1. The predicted molar refractivity (Wildman–Crippen MR) is 162 cm³/mol. The van der Waals surface area contributed by atoms with Gasteiger partial charge in [-0.2, -0.15) is 0 Å². The van der Waals surface area contributed by atoms with Crippen LogP contribution in [0.3, 0.4) is 0 Å². The van der Waals surface area contributed by atoms with Crippen LogP contribution in [0.2, 0.25) is 5.02 Å². The van der Waals surface area contributed by atoms with Crippen molar-refractivity contribution in [3.05, 3.63) is 138 Å². The fourth-order valence-electron chi connectivity index (χ4n) is 5.21. The fraction of sp³-hybridized carbons (Fsp3) is 0. The first kappa shape index (κ1) is 22.1. The largest absolute Gasteiger partial charge is 0.310 e. The van der Waals surface area contributed by atoms with E-state index in [-0.39, 0.29) is 0 Å².